The second-order valence-corrected chi connectivity index (χ2v) is 6.12. The summed E-state index contributed by atoms with van der Waals surface area (Å²) in [6, 6.07) is 11.9. The van der Waals surface area contributed by atoms with E-state index < -0.39 is 11.0 Å². The maximum Gasteiger partial charge on any atom is 0.318 e. The quantitative estimate of drug-likeness (QED) is 0.420. The van der Waals surface area contributed by atoms with Gasteiger partial charge in [-0.2, -0.15) is 10.2 Å². The average Bonchev–Trinajstić information content (AvgIpc) is 2.67. The summed E-state index contributed by atoms with van der Waals surface area (Å²) in [4.78, 5) is 8.08. The van der Waals surface area contributed by atoms with Gasteiger partial charge in [0.15, 0.2) is 17.3 Å². The molecule has 3 N–H and O–H groups in total. The lowest BCUT2D eigenvalue weighted by Gasteiger charge is -2.15. The van der Waals surface area contributed by atoms with Gasteiger partial charge in [0.2, 0.25) is 0 Å². The number of anilines is 1. The normalized spacial score (nSPS) is 11.9. The van der Waals surface area contributed by atoms with Gasteiger partial charge in [-0.3, -0.25) is 0 Å². The van der Waals surface area contributed by atoms with Crippen molar-refractivity contribution in [3.05, 3.63) is 77.1 Å². The van der Waals surface area contributed by atoms with Crippen LogP contribution < -0.4 is 14.7 Å². The van der Waals surface area contributed by atoms with Crippen molar-refractivity contribution in [2.75, 3.05) is 4.72 Å². The number of benzene rings is 2. The molecule has 0 aliphatic rings. The van der Waals surface area contributed by atoms with E-state index in [1.165, 1.54) is 18.2 Å². The van der Waals surface area contributed by atoms with Gasteiger partial charge in [0.05, 0.1) is 11.1 Å². The highest BCUT2D eigenvalue weighted by atomic mass is 32.2. The van der Waals surface area contributed by atoms with Gasteiger partial charge in [-0.05, 0) is 35.7 Å². The van der Waals surface area contributed by atoms with Crippen molar-refractivity contribution in [1.29, 1.82) is 0 Å². The van der Waals surface area contributed by atoms with Crippen LogP contribution in [0, 0.1) is 16.8 Å². The molecule has 7 nitrogen and oxygen atoms in total. The minimum atomic E-state index is -1.09. The molecule has 0 bridgehead atoms. The second kappa shape index (κ2) is 8.73. The smallest absolute Gasteiger partial charge is 0.318 e. The molecule has 1 atom stereocenters. The SMILES string of the molecule is [O-][NH+](O)c1ccccc1SNc1nc(OCc2ccc(F)cc2)ncc1F. The summed E-state index contributed by atoms with van der Waals surface area (Å²) in [5.74, 6) is -1.23. The van der Waals surface area contributed by atoms with Crippen molar-refractivity contribution < 1.29 is 24.0 Å². The molecule has 1 heterocycles. The molecule has 3 aromatic rings. The zero-order valence-electron chi connectivity index (χ0n) is 13.7. The number of hydrogen-bond acceptors (Lipinski definition) is 7. The maximum absolute atomic E-state index is 13.9. The fourth-order valence-electron chi connectivity index (χ4n) is 2.06. The van der Waals surface area contributed by atoms with Crippen LogP contribution in [0.4, 0.5) is 20.3 Å². The molecule has 0 saturated heterocycles. The van der Waals surface area contributed by atoms with Crippen LogP contribution in [0.2, 0.25) is 0 Å². The van der Waals surface area contributed by atoms with E-state index in [2.05, 4.69) is 14.7 Å². The topological polar surface area (TPSA) is 94.8 Å². The van der Waals surface area contributed by atoms with Gasteiger partial charge in [-0.25, -0.2) is 19.0 Å². The fraction of sp³-hybridized carbons (Fsp3) is 0.0588. The summed E-state index contributed by atoms with van der Waals surface area (Å²) < 4.78 is 34.9. The largest absolute Gasteiger partial charge is 0.595 e. The first kappa shape index (κ1) is 19.0. The number of nitrogens with one attached hydrogen (secondary N) is 2. The van der Waals surface area contributed by atoms with Crippen LogP contribution in [0.25, 0.3) is 0 Å². The molecule has 140 valence electrons. The predicted octanol–water partition coefficient (Wildman–Crippen LogP) is 2.86. The molecule has 0 aliphatic heterocycles. The predicted molar refractivity (Wildman–Crippen MR) is 94.4 cm³/mol. The molecule has 27 heavy (non-hydrogen) atoms. The molecule has 10 heteroatoms. The Morgan fingerprint density at radius 1 is 1.15 bits per heavy atom. The van der Waals surface area contributed by atoms with Crippen LogP contribution in [0.5, 0.6) is 6.01 Å². The molecular weight excluding hydrogens is 378 g/mol. The van der Waals surface area contributed by atoms with Gasteiger partial charge >= 0.3 is 6.01 Å². The van der Waals surface area contributed by atoms with Crippen LogP contribution >= 0.6 is 11.9 Å². The Bertz CT molecular complexity index is 913. The standard InChI is InChI=1S/C17H14F2N4O3S/c18-12-7-5-11(6-8-12)10-26-17-20-9-13(19)16(21-17)22-27-15-4-2-1-3-14(15)23(24)25/h1-9,23-24H,10H2,(H,20,21,22). The van der Waals surface area contributed by atoms with Crippen molar-refractivity contribution in [1.82, 2.24) is 9.97 Å². The number of para-hydroxylation sites is 1. The molecule has 0 aliphatic carbocycles. The lowest BCUT2D eigenvalue weighted by atomic mass is 10.2. The monoisotopic (exact) mass is 392 g/mol. The fourth-order valence-corrected chi connectivity index (χ4v) is 2.82. The third-order valence-electron chi connectivity index (χ3n) is 3.38. The first-order valence-corrected chi connectivity index (χ1v) is 8.49. The van der Waals surface area contributed by atoms with Gasteiger partial charge in [0.25, 0.3) is 0 Å². The van der Waals surface area contributed by atoms with Crippen LogP contribution in [0.1, 0.15) is 5.56 Å². The van der Waals surface area contributed by atoms with Crippen molar-refractivity contribution in [2.45, 2.75) is 11.5 Å². The number of hydrogen-bond donors (Lipinski definition) is 3. The van der Waals surface area contributed by atoms with E-state index in [0.29, 0.717) is 10.5 Å². The van der Waals surface area contributed by atoms with E-state index in [4.69, 9.17) is 4.74 Å². The maximum atomic E-state index is 13.9. The van der Waals surface area contributed by atoms with Gasteiger partial charge < -0.3 is 14.7 Å². The van der Waals surface area contributed by atoms with E-state index >= 15 is 0 Å². The van der Waals surface area contributed by atoms with Gasteiger partial charge in [-0.15, -0.1) is 0 Å². The molecule has 0 spiro atoms. The Balaban J connectivity index is 1.67. The number of nitrogens with zero attached hydrogens (tertiary/aromatic N) is 2. The van der Waals surface area contributed by atoms with E-state index in [-0.39, 0.29) is 29.9 Å². The number of aromatic nitrogens is 2. The zero-order valence-corrected chi connectivity index (χ0v) is 14.5. The lowest BCUT2D eigenvalue weighted by molar-refractivity contribution is -0.992. The van der Waals surface area contributed by atoms with E-state index in [1.807, 2.05) is 0 Å². The van der Waals surface area contributed by atoms with Gasteiger partial charge in [-0.1, -0.05) is 24.3 Å². The summed E-state index contributed by atoms with van der Waals surface area (Å²) in [7, 11) is 0. The number of ether oxygens (including phenoxy) is 1. The molecule has 1 unspecified atom stereocenters. The van der Waals surface area contributed by atoms with Crippen molar-refractivity contribution in [3.63, 3.8) is 0 Å². The van der Waals surface area contributed by atoms with E-state index in [1.54, 1.807) is 30.3 Å². The van der Waals surface area contributed by atoms with Crippen molar-refractivity contribution in [2.24, 2.45) is 0 Å². The molecule has 0 radical (unpaired) electrons. The Kier molecular flexibility index (Phi) is 6.14. The van der Waals surface area contributed by atoms with E-state index in [9.17, 15) is 19.2 Å². The molecule has 3 rings (SSSR count). The summed E-state index contributed by atoms with van der Waals surface area (Å²) >= 11 is 0.909. The van der Waals surface area contributed by atoms with Crippen molar-refractivity contribution >= 4 is 23.5 Å². The van der Waals surface area contributed by atoms with Gasteiger partial charge in [0, 0.05) is 6.07 Å². The molecule has 1 aromatic heterocycles. The van der Waals surface area contributed by atoms with Crippen molar-refractivity contribution in [3.8, 4) is 6.01 Å². The third kappa shape index (κ3) is 5.11. The minimum Gasteiger partial charge on any atom is -0.595 e. The summed E-state index contributed by atoms with van der Waals surface area (Å²) in [5.41, 5.74) is 0.779. The first-order valence-electron chi connectivity index (χ1n) is 7.68. The highest BCUT2D eigenvalue weighted by Crippen LogP contribution is 2.26. The molecule has 2 aromatic carbocycles. The average molecular weight is 392 g/mol. The Morgan fingerprint density at radius 2 is 1.89 bits per heavy atom. The minimum absolute atomic E-state index is 0.0738. The Morgan fingerprint density at radius 3 is 2.63 bits per heavy atom. The summed E-state index contributed by atoms with van der Waals surface area (Å²) in [6.45, 7) is 0.0837. The van der Waals surface area contributed by atoms with Crippen LogP contribution in [0.3, 0.4) is 0 Å². The highest BCUT2D eigenvalue weighted by Gasteiger charge is 2.12. The molecular formula is C17H14F2N4O3S. The number of quaternary nitrogens is 1. The lowest BCUT2D eigenvalue weighted by Crippen LogP contribution is -2.99. The van der Waals surface area contributed by atoms with Crippen LogP contribution in [-0.2, 0) is 6.61 Å². The summed E-state index contributed by atoms with van der Waals surface area (Å²) in [5, 5.41) is 19.3. The Hall–Kier alpha value is -2.79. The van der Waals surface area contributed by atoms with Crippen LogP contribution in [-0.4, -0.2) is 15.2 Å². The first-order chi connectivity index (χ1) is 13.0. The second-order valence-electron chi connectivity index (χ2n) is 5.27. The number of halogens is 2. The molecule has 0 amide bonds. The summed E-state index contributed by atoms with van der Waals surface area (Å²) in [6.07, 6.45) is 0.943. The highest BCUT2D eigenvalue weighted by molar-refractivity contribution is 8.00. The van der Waals surface area contributed by atoms with Crippen LogP contribution in [0.15, 0.2) is 59.6 Å². The third-order valence-corrected chi connectivity index (χ3v) is 4.25. The zero-order chi connectivity index (χ0) is 19.2. The Labute approximate surface area is 157 Å². The van der Waals surface area contributed by atoms with E-state index in [0.717, 1.165) is 18.1 Å². The molecule has 0 saturated carbocycles. The molecule has 0 fully saturated rings. The van der Waals surface area contributed by atoms with Gasteiger partial charge in [0.1, 0.15) is 12.4 Å². The number of rotatable bonds is 7.